The maximum absolute atomic E-state index is 12.9. The van der Waals surface area contributed by atoms with Crippen molar-refractivity contribution in [1.29, 1.82) is 0 Å². The maximum atomic E-state index is 12.9. The molecule has 41 heavy (non-hydrogen) atoms. The highest BCUT2D eigenvalue weighted by Crippen LogP contribution is 2.33. The number of likely N-dealkylation sites (tertiary alicyclic amines) is 1. The van der Waals surface area contributed by atoms with Crippen LogP contribution in [0.15, 0.2) is 106 Å². The van der Waals surface area contributed by atoms with Gasteiger partial charge < -0.3 is 16.0 Å². The number of rotatable bonds is 6. The van der Waals surface area contributed by atoms with E-state index in [2.05, 4.69) is 15.5 Å². The van der Waals surface area contributed by atoms with Gasteiger partial charge in [-0.25, -0.2) is 0 Å². The number of fused-ring (bicyclic) bond motifs is 1. The number of benzene rings is 4. The lowest BCUT2D eigenvalue weighted by molar-refractivity contribution is -0.135. The molecule has 0 bridgehead atoms. The Bertz CT molecular complexity index is 1660. The fourth-order valence-electron chi connectivity index (χ4n) is 4.47. The molecule has 10 nitrogen and oxygen atoms in total. The van der Waals surface area contributed by atoms with E-state index in [0.29, 0.717) is 24.3 Å². The van der Waals surface area contributed by atoms with Gasteiger partial charge in [-0.3, -0.25) is 14.1 Å². The Morgan fingerprint density at radius 3 is 2.24 bits per heavy atom. The normalized spacial score (nSPS) is 15.0. The molecule has 0 spiro atoms. The molecule has 0 radical (unpaired) electrons. The molecule has 2 amide bonds. The van der Waals surface area contributed by atoms with Crippen molar-refractivity contribution in [3.8, 4) is 0 Å². The van der Waals surface area contributed by atoms with Crippen LogP contribution in [-0.2, 0) is 19.7 Å². The predicted octanol–water partition coefficient (Wildman–Crippen LogP) is 5.39. The summed E-state index contributed by atoms with van der Waals surface area (Å²) < 4.78 is 29.6. The van der Waals surface area contributed by atoms with Gasteiger partial charge >= 0.3 is 0 Å². The van der Waals surface area contributed by atoms with E-state index < -0.39 is 16.2 Å². The third-order valence-electron chi connectivity index (χ3n) is 6.56. The van der Waals surface area contributed by atoms with Crippen LogP contribution in [0.3, 0.4) is 0 Å². The summed E-state index contributed by atoms with van der Waals surface area (Å²) >= 11 is 0. The van der Waals surface area contributed by atoms with Crippen molar-refractivity contribution in [3.05, 3.63) is 96.6 Å². The Balaban J connectivity index is 0.000000296. The summed E-state index contributed by atoms with van der Waals surface area (Å²) in [4.78, 5) is 26.4. The Morgan fingerprint density at radius 1 is 0.927 bits per heavy atom. The average Bonchev–Trinajstić information content (AvgIpc) is 3.47. The van der Waals surface area contributed by atoms with E-state index in [4.69, 9.17) is 10.3 Å². The van der Waals surface area contributed by atoms with E-state index in [9.17, 15) is 18.0 Å². The fourth-order valence-corrected chi connectivity index (χ4v) is 4.95. The molecular formula is C30H31N5O5S. The molecule has 1 heterocycles. The van der Waals surface area contributed by atoms with Crippen molar-refractivity contribution in [2.75, 3.05) is 18.4 Å². The smallest absolute Gasteiger partial charge is 0.294 e. The highest BCUT2D eigenvalue weighted by molar-refractivity contribution is 7.85. The molecule has 212 valence electrons. The van der Waals surface area contributed by atoms with Crippen LogP contribution in [0.1, 0.15) is 18.4 Å². The van der Waals surface area contributed by atoms with Gasteiger partial charge in [0.15, 0.2) is 0 Å². The Morgan fingerprint density at radius 2 is 1.59 bits per heavy atom. The van der Waals surface area contributed by atoms with Crippen LogP contribution in [0.25, 0.3) is 10.8 Å². The first-order valence-corrected chi connectivity index (χ1v) is 14.4. The van der Waals surface area contributed by atoms with Crippen molar-refractivity contribution < 1.29 is 22.6 Å². The summed E-state index contributed by atoms with van der Waals surface area (Å²) in [6.07, 6.45) is 1.43. The second kappa shape index (κ2) is 13.3. The van der Waals surface area contributed by atoms with E-state index in [0.717, 1.165) is 28.4 Å². The molecule has 0 unspecified atom stereocenters. The first kappa shape index (κ1) is 29.5. The van der Waals surface area contributed by atoms with Crippen LogP contribution in [0, 0.1) is 6.92 Å². The molecule has 1 aliphatic heterocycles. The van der Waals surface area contributed by atoms with Gasteiger partial charge in [-0.05, 0) is 56.2 Å². The molecule has 4 N–H and O–H groups in total. The van der Waals surface area contributed by atoms with Crippen molar-refractivity contribution >= 4 is 49.8 Å². The molecule has 0 saturated carbocycles. The number of nitrogens with zero attached hydrogens (tertiary/aromatic N) is 3. The maximum Gasteiger partial charge on any atom is 0.294 e. The van der Waals surface area contributed by atoms with Crippen LogP contribution in [0.5, 0.6) is 0 Å². The second-order valence-corrected chi connectivity index (χ2v) is 10.9. The molecular weight excluding hydrogens is 542 g/mol. The predicted molar refractivity (Wildman–Crippen MR) is 158 cm³/mol. The topological polar surface area (TPSA) is 155 Å². The van der Waals surface area contributed by atoms with Gasteiger partial charge in [0.05, 0.1) is 22.8 Å². The lowest BCUT2D eigenvalue weighted by atomic mass is 10.1. The minimum atomic E-state index is -4.02. The molecule has 1 fully saturated rings. The molecule has 0 aromatic heterocycles. The third-order valence-corrected chi connectivity index (χ3v) is 7.43. The Kier molecular flexibility index (Phi) is 9.56. The van der Waals surface area contributed by atoms with E-state index >= 15 is 0 Å². The molecule has 4 aromatic rings. The van der Waals surface area contributed by atoms with Gasteiger partial charge in [-0.1, -0.05) is 60.2 Å². The third kappa shape index (κ3) is 7.60. The van der Waals surface area contributed by atoms with Gasteiger partial charge in [0, 0.05) is 23.0 Å². The van der Waals surface area contributed by atoms with Crippen molar-refractivity contribution in [2.45, 2.75) is 30.7 Å². The minimum Gasteiger partial charge on any atom is -0.330 e. The van der Waals surface area contributed by atoms with Gasteiger partial charge in [0.2, 0.25) is 11.8 Å². The fraction of sp³-hybridized carbons (Fsp3) is 0.200. The minimum absolute atomic E-state index is 0.0666. The van der Waals surface area contributed by atoms with E-state index in [1.807, 2.05) is 73.7 Å². The summed E-state index contributed by atoms with van der Waals surface area (Å²) in [6, 6.07) is 26.4. The van der Waals surface area contributed by atoms with Crippen LogP contribution >= 0.6 is 0 Å². The number of anilines is 1. The summed E-state index contributed by atoms with van der Waals surface area (Å²) in [7, 11) is -4.02. The highest BCUT2D eigenvalue weighted by Gasteiger charge is 2.33. The number of hydrogen-bond acceptors (Lipinski definition) is 7. The quantitative estimate of drug-likeness (QED) is 0.208. The molecule has 5 rings (SSSR count). The van der Waals surface area contributed by atoms with Crippen LogP contribution < -0.4 is 11.1 Å². The van der Waals surface area contributed by atoms with Crippen LogP contribution in [-0.4, -0.2) is 48.8 Å². The molecule has 4 aromatic carbocycles. The van der Waals surface area contributed by atoms with Gasteiger partial charge in [-0.15, -0.1) is 5.11 Å². The summed E-state index contributed by atoms with van der Waals surface area (Å²) in [5.41, 5.74) is 8.61. The SMILES string of the molecule is Cc1ccc(S(=O)(=O)O)cc1.NCC(=O)N1CCC[C@H]1C(=O)Nc1ccc(/N=N/c2ccccc2)c2ccccc12. The van der Waals surface area contributed by atoms with Gasteiger partial charge in [-0.2, -0.15) is 13.5 Å². The molecule has 0 aliphatic carbocycles. The number of nitrogens with one attached hydrogen (secondary N) is 1. The zero-order valence-corrected chi connectivity index (χ0v) is 23.3. The molecule has 1 atom stereocenters. The summed E-state index contributed by atoms with van der Waals surface area (Å²) in [5, 5.41) is 13.4. The average molecular weight is 574 g/mol. The summed E-state index contributed by atoms with van der Waals surface area (Å²) in [5.74, 6) is -0.396. The molecule has 1 aliphatic rings. The molecule has 1 saturated heterocycles. The number of amides is 2. The van der Waals surface area contributed by atoms with E-state index in [1.165, 1.54) is 12.1 Å². The second-order valence-electron chi connectivity index (χ2n) is 9.44. The number of azo groups is 1. The Hall–Kier alpha value is -4.45. The van der Waals surface area contributed by atoms with Crippen molar-refractivity contribution in [3.63, 3.8) is 0 Å². The number of aryl methyl sites for hydroxylation is 1. The van der Waals surface area contributed by atoms with E-state index in [1.54, 1.807) is 17.0 Å². The molecule has 11 heteroatoms. The largest absolute Gasteiger partial charge is 0.330 e. The van der Waals surface area contributed by atoms with Crippen molar-refractivity contribution in [1.82, 2.24) is 4.90 Å². The highest BCUT2D eigenvalue weighted by atomic mass is 32.2. The lowest BCUT2D eigenvalue weighted by Crippen LogP contribution is -2.45. The van der Waals surface area contributed by atoms with Crippen molar-refractivity contribution in [2.24, 2.45) is 16.0 Å². The number of hydrogen-bond donors (Lipinski definition) is 3. The van der Waals surface area contributed by atoms with Crippen LogP contribution in [0.4, 0.5) is 17.1 Å². The Labute approximate surface area is 238 Å². The lowest BCUT2D eigenvalue weighted by Gasteiger charge is -2.23. The zero-order chi connectivity index (χ0) is 29.4. The monoisotopic (exact) mass is 573 g/mol. The zero-order valence-electron chi connectivity index (χ0n) is 22.5. The van der Waals surface area contributed by atoms with Gasteiger partial charge in [0.1, 0.15) is 6.04 Å². The van der Waals surface area contributed by atoms with E-state index in [-0.39, 0.29) is 23.3 Å². The first-order chi connectivity index (χ1) is 19.7. The number of nitrogens with two attached hydrogens (primary N) is 1. The standard InChI is InChI=1S/C23H23N5O2.C7H8O3S/c24-15-22(29)28-14-6-11-21(28)23(30)25-19-12-13-20(18-10-5-4-9-17(18)19)27-26-16-7-2-1-3-8-16;1-6-2-4-7(5-3-6)11(8,9)10/h1-5,7-10,12-13,21H,6,11,14-15,24H2,(H,25,30);2-5H,1H3,(H,8,9,10)/b27-26+;/t21-;/m0./s1. The summed E-state index contributed by atoms with van der Waals surface area (Å²) in [6.45, 7) is 2.31. The van der Waals surface area contributed by atoms with Gasteiger partial charge in [0.25, 0.3) is 10.1 Å². The number of carbonyl (C=O) groups is 2. The van der Waals surface area contributed by atoms with Crippen LogP contribution in [0.2, 0.25) is 0 Å². The number of carbonyl (C=O) groups excluding carboxylic acids is 2. The first-order valence-electron chi connectivity index (χ1n) is 13.0.